The summed E-state index contributed by atoms with van der Waals surface area (Å²) in [5.41, 5.74) is 0.676. The van der Waals surface area contributed by atoms with Crippen molar-refractivity contribution in [2.45, 2.75) is 45.4 Å². The molecule has 32 heavy (non-hydrogen) atoms. The smallest absolute Gasteiger partial charge is 0.262 e. The van der Waals surface area contributed by atoms with E-state index in [9.17, 15) is 9.59 Å². The Labute approximate surface area is 190 Å². The van der Waals surface area contributed by atoms with Crippen molar-refractivity contribution in [2.75, 3.05) is 12.8 Å². The van der Waals surface area contributed by atoms with Gasteiger partial charge in [0.25, 0.3) is 5.56 Å². The fourth-order valence-corrected chi connectivity index (χ4v) is 4.43. The third-order valence-corrected chi connectivity index (χ3v) is 6.26. The van der Waals surface area contributed by atoms with Gasteiger partial charge < -0.3 is 9.32 Å². The van der Waals surface area contributed by atoms with E-state index in [4.69, 9.17) is 4.42 Å². The Morgan fingerprint density at radius 1 is 1.19 bits per heavy atom. The van der Waals surface area contributed by atoms with Crippen molar-refractivity contribution < 1.29 is 9.21 Å². The van der Waals surface area contributed by atoms with Crippen LogP contribution in [0.5, 0.6) is 0 Å². The van der Waals surface area contributed by atoms with Crippen LogP contribution in [0.2, 0.25) is 0 Å². The van der Waals surface area contributed by atoms with E-state index in [1.165, 1.54) is 11.8 Å². The Morgan fingerprint density at radius 2 is 1.97 bits per heavy atom. The Hall–Kier alpha value is -3.07. The number of para-hydroxylation sites is 1. The van der Waals surface area contributed by atoms with Gasteiger partial charge in [-0.15, -0.1) is 10.2 Å². The number of carbonyl (C=O) groups is 1. The van der Waals surface area contributed by atoms with E-state index >= 15 is 0 Å². The van der Waals surface area contributed by atoms with E-state index in [1.807, 2.05) is 47.7 Å². The van der Waals surface area contributed by atoms with Crippen LogP contribution in [0.1, 0.15) is 31.8 Å². The molecule has 0 fully saturated rings. The summed E-state index contributed by atoms with van der Waals surface area (Å²) < 4.78 is 9.13. The van der Waals surface area contributed by atoms with Crippen molar-refractivity contribution in [3.8, 4) is 0 Å². The lowest BCUT2D eigenvalue weighted by Crippen LogP contribution is -2.27. The van der Waals surface area contributed by atoms with Crippen molar-refractivity contribution >= 4 is 34.3 Å². The highest BCUT2D eigenvalue weighted by atomic mass is 32.2. The van der Waals surface area contributed by atoms with Crippen molar-refractivity contribution in [1.82, 2.24) is 24.1 Å². The molecule has 3 aromatic heterocycles. The monoisotopic (exact) mass is 453 g/mol. The van der Waals surface area contributed by atoms with Crippen molar-refractivity contribution in [3.05, 3.63) is 58.3 Å². The van der Waals surface area contributed by atoms with E-state index in [0.717, 1.165) is 23.5 Å². The molecule has 0 saturated heterocycles. The van der Waals surface area contributed by atoms with Gasteiger partial charge >= 0.3 is 0 Å². The number of amides is 1. The maximum atomic E-state index is 13.1. The molecule has 0 radical (unpaired) electrons. The number of furan rings is 1. The number of benzene rings is 1. The molecule has 0 saturated carbocycles. The summed E-state index contributed by atoms with van der Waals surface area (Å²) in [6.45, 7) is 7.10. The molecule has 0 spiro atoms. The number of carbonyl (C=O) groups excluding carboxylic acids is 1. The maximum Gasteiger partial charge on any atom is 0.262 e. The number of aromatic nitrogens is 4. The highest BCUT2D eigenvalue weighted by Crippen LogP contribution is 2.22. The first kappa shape index (κ1) is 22.1. The van der Waals surface area contributed by atoms with Crippen LogP contribution < -0.4 is 5.56 Å². The third-order valence-electron chi connectivity index (χ3n) is 5.35. The Morgan fingerprint density at radius 3 is 2.69 bits per heavy atom. The van der Waals surface area contributed by atoms with Gasteiger partial charge in [-0.1, -0.05) is 37.7 Å². The van der Waals surface area contributed by atoms with Gasteiger partial charge in [-0.25, -0.2) is 0 Å². The molecule has 8 nitrogen and oxygen atoms in total. The zero-order valence-corrected chi connectivity index (χ0v) is 19.6. The molecule has 0 unspecified atom stereocenters. The number of hydrogen-bond acceptors (Lipinski definition) is 6. The van der Waals surface area contributed by atoms with E-state index in [0.29, 0.717) is 35.3 Å². The predicted octanol–water partition coefficient (Wildman–Crippen LogP) is 3.74. The lowest BCUT2D eigenvalue weighted by molar-refractivity contribution is -0.127. The fourth-order valence-electron chi connectivity index (χ4n) is 3.54. The van der Waals surface area contributed by atoms with Gasteiger partial charge in [0.2, 0.25) is 11.7 Å². The minimum atomic E-state index is -0.0674. The Bertz CT molecular complexity index is 1320. The number of aryl methyl sites for hydroxylation is 2. The average molecular weight is 454 g/mol. The molecular formula is C23H27N5O3S. The number of rotatable bonds is 8. The second-order valence-corrected chi connectivity index (χ2v) is 9.27. The first-order valence-corrected chi connectivity index (χ1v) is 11.6. The molecule has 168 valence electrons. The number of thioether (sulfide) groups is 1. The molecule has 4 aromatic rings. The highest BCUT2D eigenvalue weighted by molar-refractivity contribution is 7.99. The number of fused-ring (bicyclic) bond motifs is 3. The third kappa shape index (κ3) is 4.43. The summed E-state index contributed by atoms with van der Waals surface area (Å²) in [5, 5.41) is 9.84. The van der Waals surface area contributed by atoms with E-state index in [-0.39, 0.29) is 17.2 Å². The molecule has 0 aliphatic heterocycles. The number of nitrogens with zero attached hydrogens (tertiary/aromatic N) is 5. The molecule has 0 bridgehead atoms. The zero-order valence-electron chi connectivity index (χ0n) is 18.7. The summed E-state index contributed by atoms with van der Waals surface area (Å²) in [7, 11) is 1.75. The lowest BCUT2D eigenvalue weighted by Gasteiger charge is -2.15. The van der Waals surface area contributed by atoms with Gasteiger partial charge in [0.1, 0.15) is 11.5 Å². The maximum absolute atomic E-state index is 13.1. The van der Waals surface area contributed by atoms with Gasteiger partial charge in [0, 0.05) is 13.6 Å². The topological polar surface area (TPSA) is 85.6 Å². The fraction of sp³-hybridized carbons (Fsp3) is 0.391. The normalized spacial score (nSPS) is 11.7. The summed E-state index contributed by atoms with van der Waals surface area (Å²) in [5.74, 6) is 2.69. The molecule has 1 aromatic carbocycles. The predicted molar refractivity (Wildman–Crippen MR) is 125 cm³/mol. The summed E-state index contributed by atoms with van der Waals surface area (Å²) >= 11 is 1.31. The molecule has 9 heteroatoms. The largest absolute Gasteiger partial charge is 0.464 e. The van der Waals surface area contributed by atoms with Crippen molar-refractivity contribution in [3.63, 3.8) is 0 Å². The van der Waals surface area contributed by atoms with Gasteiger partial charge in [0.05, 0.1) is 23.2 Å². The molecule has 0 atom stereocenters. The summed E-state index contributed by atoms with van der Waals surface area (Å²) in [4.78, 5) is 27.4. The second-order valence-electron chi connectivity index (χ2n) is 8.33. The zero-order chi connectivity index (χ0) is 22.8. The first-order valence-electron chi connectivity index (χ1n) is 10.6. The van der Waals surface area contributed by atoms with Gasteiger partial charge in [-0.3, -0.25) is 18.6 Å². The molecule has 3 heterocycles. The minimum Gasteiger partial charge on any atom is -0.464 e. The second kappa shape index (κ2) is 9.20. The molecule has 0 aliphatic carbocycles. The van der Waals surface area contributed by atoms with Crippen LogP contribution in [-0.2, 0) is 17.9 Å². The van der Waals surface area contributed by atoms with Crippen LogP contribution in [0.3, 0.4) is 0 Å². The van der Waals surface area contributed by atoms with Crippen molar-refractivity contribution in [1.29, 1.82) is 0 Å². The highest BCUT2D eigenvalue weighted by Gasteiger charge is 2.19. The van der Waals surface area contributed by atoms with E-state index in [1.54, 1.807) is 16.5 Å². The molecule has 1 amide bonds. The summed E-state index contributed by atoms with van der Waals surface area (Å²) in [6.07, 6.45) is 0.860. The minimum absolute atomic E-state index is 0.0433. The van der Waals surface area contributed by atoms with Gasteiger partial charge in [-0.2, -0.15) is 0 Å². The Balaban J connectivity index is 1.62. The Kier molecular flexibility index (Phi) is 6.36. The number of hydrogen-bond donors (Lipinski definition) is 0. The van der Waals surface area contributed by atoms with Crippen molar-refractivity contribution in [2.24, 2.45) is 5.92 Å². The van der Waals surface area contributed by atoms with Crippen LogP contribution in [0.4, 0.5) is 0 Å². The average Bonchev–Trinajstić information content (AvgIpc) is 3.37. The first-order chi connectivity index (χ1) is 15.3. The molecular weight excluding hydrogens is 426 g/mol. The summed E-state index contributed by atoms with van der Waals surface area (Å²) in [6, 6.07) is 11.2. The standard InChI is InChI=1S/C23H27N5O3S/c1-15(2)11-12-27-21(30)18-7-5-6-8-19(18)28-22(27)24-25-23(28)32-14-20(29)26(4)13-17-10-9-16(3)31-17/h5-10,15H,11-14H2,1-4H3. The molecule has 0 aliphatic rings. The van der Waals surface area contributed by atoms with Crippen LogP contribution >= 0.6 is 11.8 Å². The van der Waals surface area contributed by atoms with Gasteiger partial charge in [0.15, 0.2) is 5.16 Å². The van der Waals surface area contributed by atoms with Crippen LogP contribution in [0.15, 0.2) is 50.8 Å². The lowest BCUT2D eigenvalue weighted by atomic mass is 10.1. The quantitative estimate of drug-likeness (QED) is 0.378. The van der Waals surface area contributed by atoms with Crippen LogP contribution in [0.25, 0.3) is 16.7 Å². The SMILES string of the molecule is Cc1ccc(CN(C)C(=O)CSc2nnc3n(CCC(C)C)c(=O)c4ccccc4n23)o1. The molecule has 0 N–H and O–H groups in total. The van der Waals surface area contributed by atoms with Crippen LogP contribution in [-0.4, -0.2) is 42.8 Å². The van der Waals surface area contributed by atoms with E-state index in [2.05, 4.69) is 24.0 Å². The van der Waals surface area contributed by atoms with Crippen LogP contribution in [0, 0.1) is 12.8 Å². The molecule has 4 rings (SSSR count). The van der Waals surface area contributed by atoms with Gasteiger partial charge in [-0.05, 0) is 43.5 Å². The van der Waals surface area contributed by atoms with E-state index < -0.39 is 0 Å².